The van der Waals surface area contributed by atoms with E-state index in [0.717, 1.165) is 22.8 Å². The van der Waals surface area contributed by atoms with Gasteiger partial charge in [0.15, 0.2) is 0 Å². The summed E-state index contributed by atoms with van der Waals surface area (Å²) in [7, 11) is 1.61. The normalized spacial score (nSPS) is 11.2. The molecule has 3 rings (SSSR count). The molecule has 3 nitrogen and oxygen atoms in total. The molecule has 0 radical (unpaired) electrons. The van der Waals surface area contributed by atoms with Gasteiger partial charge in [0.1, 0.15) is 17.2 Å². The number of benzene rings is 3. The molecule has 24 heavy (non-hydrogen) atoms. The Morgan fingerprint density at radius 2 is 1.75 bits per heavy atom. The van der Waals surface area contributed by atoms with Crippen LogP contribution in [0.4, 0.5) is 0 Å². The van der Waals surface area contributed by atoms with Gasteiger partial charge >= 0.3 is 0 Å². The minimum atomic E-state index is 0.146. The Hall–Kier alpha value is -2.68. The van der Waals surface area contributed by atoms with Crippen molar-refractivity contribution in [1.82, 2.24) is 0 Å². The van der Waals surface area contributed by atoms with E-state index >= 15 is 0 Å². The maximum Gasteiger partial charge on any atom is 0.127 e. The average Bonchev–Trinajstić information content (AvgIpc) is 2.57. The second-order valence-electron chi connectivity index (χ2n) is 6.46. The summed E-state index contributed by atoms with van der Waals surface area (Å²) < 4.78 is 5.41. The smallest absolute Gasteiger partial charge is 0.127 e. The van der Waals surface area contributed by atoms with Crippen LogP contribution in [0.2, 0.25) is 0 Å². The molecule has 0 aromatic heterocycles. The van der Waals surface area contributed by atoms with Crippen LogP contribution in [0.1, 0.15) is 19.4 Å². The topological polar surface area (TPSA) is 49.7 Å². The molecule has 2 N–H and O–H groups in total. The van der Waals surface area contributed by atoms with Crippen LogP contribution in [-0.4, -0.2) is 17.3 Å². The van der Waals surface area contributed by atoms with Crippen LogP contribution in [0.25, 0.3) is 21.9 Å². The lowest BCUT2D eigenvalue weighted by atomic mass is 9.92. The van der Waals surface area contributed by atoms with Crippen LogP contribution in [-0.2, 0) is 6.42 Å². The zero-order valence-electron chi connectivity index (χ0n) is 14.2. The molecule has 0 bridgehead atoms. The van der Waals surface area contributed by atoms with E-state index < -0.39 is 0 Å². The first-order chi connectivity index (χ1) is 11.5. The highest BCUT2D eigenvalue weighted by atomic mass is 16.5. The van der Waals surface area contributed by atoms with Gasteiger partial charge < -0.3 is 14.9 Å². The molecule has 0 fully saturated rings. The standard InChI is InChI=1S/C21H22O3/c1-13(2)10-15-11-16(24-3)12-18(21(15)23)20-17-7-5-4-6-14(17)8-9-19(20)22/h4-9,11-13,22-23H,10H2,1-3H3. The number of methoxy groups -OCH3 is 1. The molecule has 0 saturated heterocycles. The Balaban J connectivity index is 2.32. The summed E-state index contributed by atoms with van der Waals surface area (Å²) in [4.78, 5) is 0. The number of ether oxygens (including phenoxy) is 1. The summed E-state index contributed by atoms with van der Waals surface area (Å²) in [5.41, 5.74) is 2.06. The predicted octanol–water partition coefficient (Wildman–Crippen LogP) is 5.13. The van der Waals surface area contributed by atoms with Crippen molar-refractivity contribution in [2.24, 2.45) is 5.92 Å². The number of aromatic hydroxyl groups is 2. The van der Waals surface area contributed by atoms with E-state index in [9.17, 15) is 10.2 Å². The van der Waals surface area contributed by atoms with Gasteiger partial charge in [-0.3, -0.25) is 0 Å². The van der Waals surface area contributed by atoms with Crippen LogP contribution in [0, 0.1) is 5.92 Å². The van der Waals surface area contributed by atoms with Gasteiger partial charge in [-0.15, -0.1) is 0 Å². The molecule has 3 aromatic carbocycles. The van der Waals surface area contributed by atoms with Gasteiger partial charge in [0.25, 0.3) is 0 Å². The van der Waals surface area contributed by atoms with Gasteiger partial charge in [-0.1, -0.05) is 44.2 Å². The monoisotopic (exact) mass is 322 g/mol. The molecular formula is C21H22O3. The molecule has 0 aliphatic heterocycles. The van der Waals surface area contributed by atoms with Crippen molar-refractivity contribution in [3.05, 3.63) is 54.1 Å². The fourth-order valence-corrected chi connectivity index (χ4v) is 3.11. The van der Waals surface area contributed by atoms with Crippen molar-refractivity contribution >= 4 is 10.8 Å². The number of phenols is 2. The van der Waals surface area contributed by atoms with Crippen LogP contribution >= 0.6 is 0 Å². The number of hydrogen-bond acceptors (Lipinski definition) is 3. The summed E-state index contributed by atoms with van der Waals surface area (Å²) in [6.07, 6.45) is 0.738. The quantitative estimate of drug-likeness (QED) is 0.700. The Morgan fingerprint density at radius 3 is 2.46 bits per heavy atom. The lowest BCUT2D eigenvalue weighted by Crippen LogP contribution is -1.97. The molecule has 0 spiro atoms. The molecule has 0 unspecified atom stereocenters. The van der Waals surface area contributed by atoms with E-state index in [1.54, 1.807) is 19.2 Å². The van der Waals surface area contributed by atoms with E-state index in [-0.39, 0.29) is 11.5 Å². The zero-order valence-corrected chi connectivity index (χ0v) is 14.2. The molecule has 3 heteroatoms. The first-order valence-electron chi connectivity index (χ1n) is 8.12. The molecule has 0 atom stereocenters. The molecule has 124 valence electrons. The second-order valence-corrected chi connectivity index (χ2v) is 6.46. The summed E-state index contributed by atoms with van der Waals surface area (Å²) in [5, 5.41) is 23.2. The van der Waals surface area contributed by atoms with E-state index in [1.165, 1.54) is 0 Å². The van der Waals surface area contributed by atoms with Crippen molar-refractivity contribution in [3.63, 3.8) is 0 Å². The zero-order chi connectivity index (χ0) is 17.3. The van der Waals surface area contributed by atoms with Gasteiger partial charge in [0.05, 0.1) is 7.11 Å². The number of rotatable bonds is 4. The van der Waals surface area contributed by atoms with Crippen molar-refractivity contribution in [3.8, 4) is 28.4 Å². The first kappa shape index (κ1) is 16.2. The molecule has 3 aromatic rings. The van der Waals surface area contributed by atoms with Crippen molar-refractivity contribution < 1.29 is 14.9 Å². The van der Waals surface area contributed by atoms with E-state index in [1.807, 2.05) is 36.4 Å². The molecule has 0 aliphatic rings. The average molecular weight is 322 g/mol. The first-order valence-corrected chi connectivity index (χ1v) is 8.12. The fourth-order valence-electron chi connectivity index (χ4n) is 3.11. The highest BCUT2D eigenvalue weighted by Crippen LogP contribution is 2.44. The summed E-state index contributed by atoms with van der Waals surface area (Å²) in [5.74, 6) is 1.42. The van der Waals surface area contributed by atoms with Crippen LogP contribution in [0.5, 0.6) is 17.2 Å². The third kappa shape index (κ3) is 2.90. The largest absolute Gasteiger partial charge is 0.507 e. The van der Waals surface area contributed by atoms with Gasteiger partial charge in [-0.25, -0.2) is 0 Å². The Labute approximate surface area is 142 Å². The maximum atomic E-state index is 10.8. The second kappa shape index (κ2) is 6.44. The van der Waals surface area contributed by atoms with Gasteiger partial charge in [0, 0.05) is 11.1 Å². The van der Waals surface area contributed by atoms with Crippen LogP contribution < -0.4 is 4.74 Å². The highest BCUT2D eigenvalue weighted by Gasteiger charge is 2.18. The minimum Gasteiger partial charge on any atom is -0.507 e. The number of phenolic OH excluding ortho intramolecular Hbond substituents is 2. The summed E-state index contributed by atoms with van der Waals surface area (Å²) in [6.45, 7) is 4.21. The summed E-state index contributed by atoms with van der Waals surface area (Å²) in [6, 6.07) is 15.0. The van der Waals surface area contributed by atoms with E-state index in [0.29, 0.717) is 22.8 Å². The van der Waals surface area contributed by atoms with Crippen molar-refractivity contribution in [2.45, 2.75) is 20.3 Å². The third-order valence-corrected chi connectivity index (χ3v) is 4.20. The summed E-state index contributed by atoms with van der Waals surface area (Å²) >= 11 is 0. The van der Waals surface area contributed by atoms with E-state index in [4.69, 9.17) is 4.74 Å². The molecule has 0 saturated carbocycles. The van der Waals surface area contributed by atoms with E-state index in [2.05, 4.69) is 13.8 Å². The Bertz CT molecular complexity index is 882. The predicted molar refractivity (Wildman–Crippen MR) is 97.8 cm³/mol. The van der Waals surface area contributed by atoms with Crippen LogP contribution in [0.3, 0.4) is 0 Å². The van der Waals surface area contributed by atoms with Crippen molar-refractivity contribution in [1.29, 1.82) is 0 Å². The maximum absolute atomic E-state index is 10.8. The van der Waals surface area contributed by atoms with Gasteiger partial charge in [0.2, 0.25) is 0 Å². The lowest BCUT2D eigenvalue weighted by Gasteiger charge is -2.16. The Kier molecular flexibility index (Phi) is 4.34. The van der Waals surface area contributed by atoms with Crippen LogP contribution in [0.15, 0.2) is 48.5 Å². The molecule has 0 aliphatic carbocycles. The lowest BCUT2D eigenvalue weighted by molar-refractivity contribution is 0.410. The SMILES string of the molecule is COc1cc(CC(C)C)c(O)c(-c2c(O)ccc3ccccc23)c1. The minimum absolute atomic E-state index is 0.146. The number of hydrogen-bond donors (Lipinski definition) is 2. The Morgan fingerprint density at radius 1 is 1.00 bits per heavy atom. The highest BCUT2D eigenvalue weighted by molar-refractivity contribution is 6.01. The molecule has 0 heterocycles. The van der Waals surface area contributed by atoms with Gasteiger partial charge in [-0.2, -0.15) is 0 Å². The molecular weight excluding hydrogens is 300 g/mol. The fraction of sp³-hybridized carbons (Fsp3) is 0.238. The molecule has 0 amide bonds. The number of fused-ring (bicyclic) bond motifs is 1. The van der Waals surface area contributed by atoms with Crippen molar-refractivity contribution in [2.75, 3.05) is 7.11 Å². The third-order valence-electron chi connectivity index (χ3n) is 4.20. The van der Waals surface area contributed by atoms with Gasteiger partial charge in [-0.05, 0) is 46.9 Å².